The van der Waals surface area contributed by atoms with Crippen LogP contribution >= 0.6 is 11.6 Å². The number of nitrogens with one attached hydrogen (secondary N) is 1. The van der Waals surface area contributed by atoms with Crippen LogP contribution in [-0.4, -0.2) is 16.0 Å². The maximum atomic E-state index is 12.8. The van der Waals surface area contributed by atoms with Gasteiger partial charge in [-0.05, 0) is 61.0 Å². The fourth-order valence-electron chi connectivity index (χ4n) is 3.35. The average molecular weight is 484 g/mol. The number of hydrazine groups is 1. The van der Waals surface area contributed by atoms with Crippen LogP contribution in [0, 0.1) is 23.2 Å². The molecule has 0 saturated carbocycles. The predicted molar refractivity (Wildman–Crippen MR) is 135 cm³/mol. The summed E-state index contributed by atoms with van der Waals surface area (Å²) in [5.74, 6) is 0.508. The summed E-state index contributed by atoms with van der Waals surface area (Å²) in [5, 5.41) is 17.5. The van der Waals surface area contributed by atoms with E-state index in [1.165, 1.54) is 11.2 Å². The van der Waals surface area contributed by atoms with E-state index in [-0.39, 0.29) is 22.5 Å². The highest BCUT2D eigenvalue weighted by Gasteiger charge is 2.29. The van der Waals surface area contributed by atoms with Gasteiger partial charge in [-0.15, -0.1) is 4.91 Å². The number of carbonyl (C=O) groups excluding carboxylic acids is 1. The Kier molecular flexibility index (Phi) is 6.95. The first-order chi connectivity index (χ1) is 17.0. The second kappa shape index (κ2) is 10.4. The van der Waals surface area contributed by atoms with Crippen molar-refractivity contribution in [3.63, 3.8) is 0 Å². The van der Waals surface area contributed by atoms with Crippen LogP contribution in [0.15, 0.2) is 90.2 Å². The molecule has 35 heavy (non-hydrogen) atoms. The average Bonchev–Trinajstić information content (AvgIpc) is 2.88. The number of urea groups is 1. The zero-order valence-corrected chi connectivity index (χ0v) is 19.2. The third-order valence-electron chi connectivity index (χ3n) is 4.91. The van der Waals surface area contributed by atoms with E-state index in [4.69, 9.17) is 16.9 Å². The Morgan fingerprint density at radius 3 is 2.51 bits per heavy atom. The van der Waals surface area contributed by atoms with E-state index >= 15 is 0 Å². The Labute approximate surface area is 206 Å². The number of benzene rings is 3. The molecule has 0 spiro atoms. The summed E-state index contributed by atoms with van der Waals surface area (Å²) in [6, 6.07) is 23.3. The van der Waals surface area contributed by atoms with Crippen molar-refractivity contribution in [1.29, 1.82) is 5.26 Å². The maximum Gasteiger partial charge on any atom is 0.404 e. The number of rotatable bonds is 6. The molecule has 0 aliphatic rings. The molecule has 3 aromatic carbocycles. The van der Waals surface area contributed by atoms with E-state index in [0.29, 0.717) is 16.9 Å². The monoisotopic (exact) mass is 483 g/mol. The van der Waals surface area contributed by atoms with Gasteiger partial charge < -0.3 is 5.32 Å². The lowest BCUT2D eigenvalue weighted by atomic mass is 10.2. The highest BCUT2D eigenvalue weighted by Crippen LogP contribution is 2.35. The summed E-state index contributed by atoms with van der Waals surface area (Å²) >= 11 is 6.40. The number of nitrogens with zero attached hydrogens (tertiary/aromatic N) is 6. The van der Waals surface area contributed by atoms with Crippen LogP contribution in [0.4, 0.5) is 33.6 Å². The lowest BCUT2D eigenvalue weighted by molar-refractivity contribution is 0.254. The topological polar surface area (TPSA) is 115 Å². The molecule has 0 fully saturated rings. The third-order valence-corrected chi connectivity index (χ3v) is 5.23. The Morgan fingerprint density at radius 1 is 1.06 bits per heavy atom. The zero-order chi connectivity index (χ0) is 24.8. The number of nitroso groups, excluding NO2 is 1. The molecule has 10 heteroatoms. The zero-order valence-electron chi connectivity index (χ0n) is 18.5. The second-order valence-electron chi connectivity index (χ2n) is 7.34. The van der Waals surface area contributed by atoms with E-state index in [9.17, 15) is 9.70 Å². The normalized spacial score (nSPS) is 10.2. The first-order valence-electron chi connectivity index (χ1n) is 10.4. The molecule has 0 bridgehead atoms. The number of halogens is 1. The van der Waals surface area contributed by atoms with Gasteiger partial charge in [0.25, 0.3) is 0 Å². The molecule has 0 aliphatic heterocycles. The van der Waals surface area contributed by atoms with Crippen molar-refractivity contribution in [3.05, 3.63) is 106 Å². The molecule has 4 aromatic rings. The Bertz CT molecular complexity index is 1420. The highest BCUT2D eigenvalue weighted by molar-refractivity contribution is 6.34. The minimum absolute atomic E-state index is 0.232. The summed E-state index contributed by atoms with van der Waals surface area (Å²) in [5.41, 5.74) is 2.90. The van der Waals surface area contributed by atoms with Crippen LogP contribution in [0.3, 0.4) is 0 Å². The molecule has 0 radical (unpaired) electrons. The third kappa shape index (κ3) is 5.24. The van der Waals surface area contributed by atoms with Crippen molar-refractivity contribution in [1.82, 2.24) is 9.97 Å². The predicted octanol–water partition coefficient (Wildman–Crippen LogP) is 6.50. The van der Waals surface area contributed by atoms with Crippen LogP contribution in [0.2, 0.25) is 5.02 Å². The van der Waals surface area contributed by atoms with Gasteiger partial charge in [-0.1, -0.05) is 35.9 Å². The number of anilines is 5. The molecule has 1 N–H and O–H groups in total. The minimum atomic E-state index is -1.08. The van der Waals surface area contributed by atoms with E-state index in [1.807, 2.05) is 25.1 Å². The smallest absolute Gasteiger partial charge is 0.324 e. The summed E-state index contributed by atoms with van der Waals surface area (Å²) in [6.07, 6.45) is 1.51. The number of aryl methyl sites for hydroxylation is 1. The van der Waals surface area contributed by atoms with Gasteiger partial charge in [0.2, 0.25) is 5.95 Å². The van der Waals surface area contributed by atoms with E-state index in [1.54, 1.807) is 60.7 Å². The van der Waals surface area contributed by atoms with Gasteiger partial charge in [-0.2, -0.15) is 15.3 Å². The number of carbonyl (C=O) groups is 1. The van der Waals surface area contributed by atoms with Crippen molar-refractivity contribution in [3.8, 4) is 6.07 Å². The molecule has 4 rings (SSSR count). The largest absolute Gasteiger partial charge is 0.404 e. The molecule has 2 amide bonds. The van der Waals surface area contributed by atoms with Crippen molar-refractivity contribution in [2.24, 2.45) is 5.18 Å². The van der Waals surface area contributed by atoms with Crippen molar-refractivity contribution in [2.45, 2.75) is 6.92 Å². The quantitative estimate of drug-likeness (QED) is 0.246. The van der Waals surface area contributed by atoms with Gasteiger partial charge in [-0.3, -0.25) is 0 Å². The molecule has 172 valence electrons. The number of hydrogen-bond donors (Lipinski definition) is 1. The van der Waals surface area contributed by atoms with Crippen LogP contribution in [-0.2, 0) is 0 Å². The maximum absolute atomic E-state index is 12.8. The van der Waals surface area contributed by atoms with Crippen LogP contribution in [0.25, 0.3) is 0 Å². The van der Waals surface area contributed by atoms with Gasteiger partial charge >= 0.3 is 6.03 Å². The van der Waals surface area contributed by atoms with Gasteiger partial charge in [0, 0.05) is 23.1 Å². The lowest BCUT2D eigenvalue weighted by Gasteiger charge is -2.34. The molecular weight excluding hydrogens is 466 g/mol. The van der Waals surface area contributed by atoms with Gasteiger partial charge in [0.1, 0.15) is 0 Å². The summed E-state index contributed by atoms with van der Waals surface area (Å²) in [7, 11) is 0. The summed E-state index contributed by atoms with van der Waals surface area (Å²) in [6.45, 7) is 1.90. The van der Waals surface area contributed by atoms with Crippen molar-refractivity contribution < 1.29 is 4.79 Å². The standard InChI is InChI=1S/C25H18ClN7O2/c1-17-5-4-6-20(15-17)32(33(25(34)31-35)22-8-3-2-7-21(22)26)23-13-14-28-24(30-23)29-19-11-9-18(16-27)10-12-19/h2-15H,1H3,(H,28,29,30). The minimum Gasteiger partial charge on any atom is -0.324 e. The first kappa shape index (κ1) is 23.4. The van der Waals surface area contributed by atoms with E-state index in [0.717, 1.165) is 10.6 Å². The Morgan fingerprint density at radius 2 is 1.83 bits per heavy atom. The molecule has 9 nitrogen and oxygen atoms in total. The van der Waals surface area contributed by atoms with Crippen LogP contribution < -0.4 is 15.3 Å². The molecule has 0 aliphatic carbocycles. The summed E-state index contributed by atoms with van der Waals surface area (Å²) in [4.78, 5) is 33.1. The first-order valence-corrected chi connectivity index (χ1v) is 10.8. The number of para-hydroxylation sites is 1. The van der Waals surface area contributed by atoms with Crippen molar-refractivity contribution in [2.75, 3.05) is 15.3 Å². The number of nitriles is 1. The molecule has 0 unspecified atom stereocenters. The second-order valence-corrected chi connectivity index (χ2v) is 7.75. The fraction of sp³-hybridized carbons (Fsp3) is 0.0400. The summed E-state index contributed by atoms with van der Waals surface area (Å²) < 4.78 is 0. The molecule has 0 saturated heterocycles. The molecule has 0 atom stereocenters. The van der Waals surface area contributed by atoms with Crippen LogP contribution in [0.1, 0.15) is 11.1 Å². The number of amides is 2. The highest BCUT2D eigenvalue weighted by atomic mass is 35.5. The Hall–Kier alpha value is -4.81. The number of hydrogen-bond acceptors (Lipinski definition) is 7. The molecular formula is C25H18ClN7O2. The van der Waals surface area contributed by atoms with Gasteiger partial charge in [-0.25, -0.2) is 14.8 Å². The lowest BCUT2D eigenvalue weighted by Crippen LogP contribution is -2.43. The van der Waals surface area contributed by atoms with Crippen LogP contribution in [0.5, 0.6) is 0 Å². The van der Waals surface area contributed by atoms with Gasteiger partial charge in [0.15, 0.2) is 5.82 Å². The fourth-order valence-corrected chi connectivity index (χ4v) is 3.57. The van der Waals surface area contributed by atoms with E-state index in [2.05, 4.69) is 26.5 Å². The molecule has 1 aromatic heterocycles. The van der Waals surface area contributed by atoms with Crippen molar-refractivity contribution >= 4 is 46.5 Å². The van der Waals surface area contributed by atoms with Gasteiger partial charge in [0.05, 0.1) is 28.0 Å². The number of aromatic nitrogens is 2. The SMILES string of the molecule is Cc1cccc(N(c2ccnc(Nc3ccc(C#N)cc3)n2)N(C(=O)N=O)c2ccccc2Cl)c1. The Balaban J connectivity index is 1.83. The van der Waals surface area contributed by atoms with E-state index < -0.39 is 6.03 Å². The molecule has 1 heterocycles.